The molecule has 0 aliphatic heterocycles. The maximum absolute atomic E-state index is 13.4. The van der Waals surface area contributed by atoms with Gasteiger partial charge in [-0.05, 0) is 55.3 Å². The van der Waals surface area contributed by atoms with E-state index in [1.54, 1.807) is 53.2 Å². The molecule has 236 valence electrons. The van der Waals surface area contributed by atoms with Crippen LogP contribution >= 0.6 is 0 Å². The summed E-state index contributed by atoms with van der Waals surface area (Å²) in [4.78, 5) is 41.3. The first-order chi connectivity index (χ1) is 22.4. The lowest BCUT2D eigenvalue weighted by molar-refractivity contribution is -0.119. The summed E-state index contributed by atoms with van der Waals surface area (Å²) in [6.07, 6.45) is 4.24. The number of hydrogen-bond donors (Lipinski definition) is 3. The molecule has 0 radical (unpaired) electrons. The second kappa shape index (κ2) is 14.8. The van der Waals surface area contributed by atoms with E-state index >= 15 is 0 Å². The first-order valence-electron chi connectivity index (χ1n) is 14.7. The number of aryl methyl sites for hydroxylation is 1. The van der Waals surface area contributed by atoms with Crippen LogP contribution in [0.2, 0.25) is 0 Å². The van der Waals surface area contributed by atoms with Crippen molar-refractivity contribution in [3.05, 3.63) is 96.3 Å². The van der Waals surface area contributed by atoms with Crippen LogP contribution in [-0.4, -0.2) is 53.5 Å². The van der Waals surface area contributed by atoms with Crippen LogP contribution in [-0.2, 0) is 20.7 Å². The quantitative estimate of drug-likeness (QED) is 0.133. The Labute approximate surface area is 265 Å². The van der Waals surface area contributed by atoms with Gasteiger partial charge in [0.1, 0.15) is 29.7 Å². The van der Waals surface area contributed by atoms with Gasteiger partial charge in [0, 0.05) is 36.2 Å². The summed E-state index contributed by atoms with van der Waals surface area (Å²) in [5.74, 6) is 1.06. The Morgan fingerprint density at radius 3 is 2.39 bits per heavy atom. The van der Waals surface area contributed by atoms with Crippen LogP contribution in [0.3, 0.4) is 0 Å². The van der Waals surface area contributed by atoms with Crippen LogP contribution in [0.4, 0.5) is 22.1 Å². The number of pyridine rings is 1. The number of nitrogens with zero attached hydrogens (tertiary/aromatic N) is 3. The number of rotatable bonds is 12. The SMILES string of the molecule is CCCCc1cc(NC(=O)Nc2ccc(Oc3ccnc(NC(=O)COC)c3)c3ccccc23)n(-c2ccc(C(=O)OC)cc2)n1. The van der Waals surface area contributed by atoms with Gasteiger partial charge in [0.25, 0.3) is 5.91 Å². The standard InChI is InChI=1S/C34H34N6O6/c1-4-5-8-23-19-31(40(39-23)24-13-11-22(12-14-24)33(42)45-3)38-34(43)36-28-15-16-29(27-10-7-6-9-26(27)28)46-25-17-18-35-30(20-25)37-32(41)21-44-2/h6-7,9-20H,4-5,8,21H2,1-3H3,(H,35,37,41)(H2,36,38,43). The predicted octanol–water partition coefficient (Wildman–Crippen LogP) is 6.57. The van der Waals surface area contributed by atoms with Crippen LogP contribution in [0.15, 0.2) is 85.1 Å². The smallest absolute Gasteiger partial charge is 0.337 e. The third-order valence-electron chi connectivity index (χ3n) is 6.96. The molecule has 3 N–H and O–H groups in total. The van der Waals surface area contributed by atoms with E-state index < -0.39 is 12.0 Å². The van der Waals surface area contributed by atoms with Crippen molar-refractivity contribution in [1.82, 2.24) is 14.8 Å². The van der Waals surface area contributed by atoms with Gasteiger partial charge in [-0.2, -0.15) is 5.10 Å². The molecular weight excluding hydrogens is 588 g/mol. The van der Waals surface area contributed by atoms with Gasteiger partial charge >= 0.3 is 12.0 Å². The number of amides is 3. The Kier molecular flexibility index (Phi) is 10.2. The van der Waals surface area contributed by atoms with E-state index in [4.69, 9.17) is 19.3 Å². The normalized spacial score (nSPS) is 10.8. The molecule has 0 saturated heterocycles. The lowest BCUT2D eigenvalue weighted by atomic mass is 10.1. The van der Waals surface area contributed by atoms with Crippen LogP contribution in [0.5, 0.6) is 11.5 Å². The van der Waals surface area contributed by atoms with Crippen molar-refractivity contribution < 1.29 is 28.6 Å². The number of esters is 1. The van der Waals surface area contributed by atoms with E-state index in [-0.39, 0.29) is 12.5 Å². The summed E-state index contributed by atoms with van der Waals surface area (Å²) in [6.45, 7) is 2.01. The number of unbranched alkanes of at least 4 members (excludes halogenated alkanes) is 1. The molecule has 0 spiro atoms. The average molecular weight is 623 g/mol. The highest BCUT2D eigenvalue weighted by Crippen LogP contribution is 2.35. The lowest BCUT2D eigenvalue weighted by Gasteiger charge is -2.15. The number of anilines is 3. The number of nitrogens with one attached hydrogen (secondary N) is 3. The second-order valence-electron chi connectivity index (χ2n) is 10.3. The summed E-state index contributed by atoms with van der Waals surface area (Å²) in [5, 5.41) is 14.8. The fourth-order valence-electron chi connectivity index (χ4n) is 4.77. The summed E-state index contributed by atoms with van der Waals surface area (Å²) < 4.78 is 17.5. The Bertz CT molecular complexity index is 1850. The number of carbonyl (C=O) groups excluding carboxylic acids is 3. The second-order valence-corrected chi connectivity index (χ2v) is 10.3. The topological polar surface area (TPSA) is 146 Å². The van der Waals surface area contributed by atoms with Gasteiger partial charge in [-0.1, -0.05) is 37.6 Å². The van der Waals surface area contributed by atoms with E-state index in [9.17, 15) is 14.4 Å². The molecule has 0 atom stereocenters. The Hall–Kier alpha value is -5.75. The molecule has 0 unspecified atom stereocenters. The minimum Gasteiger partial charge on any atom is -0.465 e. The fourth-order valence-corrected chi connectivity index (χ4v) is 4.77. The average Bonchev–Trinajstić information content (AvgIpc) is 3.47. The zero-order valence-corrected chi connectivity index (χ0v) is 25.7. The molecule has 0 saturated carbocycles. The molecule has 0 aliphatic rings. The van der Waals surface area contributed by atoms with Crippen LogP contribution in [0.1, 0.15) is 35.8 Å². The Balaban J connectivity index is 1.36. The third-order valence-corrected chi connectivity index (χ3v) is 6.96. The summed E-state index contributed by atoms with van der Waals surface area (Å²) in [6, 6.07) is 22.5. The van der Waals surface area contributed by atoms with Crippen LogP contribution in [0, 0.1) is 0 Å². The van der Waals surface area contributed by atoms with Gasteiger partial charge in [0.2, 0.25) is 0 Å². The molecule has 46 heavy (non-hydrogen) atoms. The highest BCUT2D eigenvalue weighted by molar-refractivity contribution is 6.07. The predicted molar refractivity (Wildman–Crippen MR) is 175 cm³/mol. The zero-order chi connectivity index (χ0) is 32.5. The first-order valence-corrected chi connectivity index (χ1v) is 14.7. The van der Waals surface area contributed by atoms with E-state index in [2.05, 4.69) is 27.9 Å². The number of ether oxygens (including phenoxy) is 3. The van der Waals surface area contributed by atoms with E-state index in [0.29, 0.717) is 40.1 Å². The first kappa shape index (κ1) is 31.7. The Morgan fingerprint density at radius 1 is 0.870 bits per heavy atom. The van der Waals surface area contributed by atoms with Crippen molar-refractivity contribution in [2.24, 2.45) is 0 Å². The molecule has 2 heterocycles. The van der Waals surface area contributed by atoms with Crippen LogP contribution in [0.25, 0.3) is 16.5 Å². The minimum absolute atomic E-state index is 0.0913. The summed E-state index contributed by atoms with van der Waals surface area (Å²) in [5.41, 5.74) is 2.49. The molecule has 12 heteroatoms. The minimum atomic E-state index is -0.459. The van der Waals surface area contributed by atoms with Crippen molar-refractivity contribution in [3.8, 4) is 17.2 Å². The van der Waals surface area contributed by atoms with E-state index in [0.717, 1.165) is 35.7 Å². The molecule has 2 aromatic heterocycles. The molecule has 0 aliphatic carbocycles. The maximum Gasteiger partial charge on any atom is 0.337 e. The number of methoxy groups -OCH3 is 2. The van der Waals surface area contributed by atoms with Gasteiger partial charge in [0.05, 0.1) is 29.7 Å². The molecular formula is C34H34N6O6. The molecule has 0 fully saturated rings. The number of carbonyl (C=O) groups is 3. The van der Waals surface area contributed by atoms with E-state index in [1.165, 1.54) is 20.4 Å². The van der Waals surface area contributed by atoms with Gasteiger partial charge in [-0.3, -0.25) is 10.1 Å². The van der Waals surface area contributed by atoms with Gasteiger partial charge in [0.15, 0.2) is 0 Å². The summed E-state index contributed by atoms with van der Waals surface area (Å²) in [7, 11) is 2.77. The molecule has 0 bridgehead atoms. The number of fused-ring (bicyclic) bond motifs is 1. The largest absolute Gasteiger partial charge is 0.465 e. The van der Waals surface area contributed by atoms with Crippen molar-refractivity contribution in [2.75, 3.05) is 36.8 Å². The molecule has 5 rings (SSSR count). The van der Waals surface area contributed by atoms with Gasteiger partial charge in [-0.25, -0.2) is 19.3 Å². The number of benzene rings is 3. The fraction of sp³-hybridized carbons (Fsp3) is 0.206. The number of hydrogen-bond acceptors (Lipinski definition) is 8. The van der Waals surface area contributed by atoms with E-state index in [1.807, 2.05) is 30.3 Å². The zero-order valence-electron chi connectivity index (χ0n) is 25.7. The number of aromatic nitrogens is 3. The van der Waals surface area contributed by atoms with Crippen LogP contribution < -0.4 is 20.7 Å². The van der Waals surface area contributed by atoms with Crippen molar-refractivity contribution in [3.63, 3.8) is 0 Å². The monoisotopic (exact) mass is 622 g/mol. The molecule has 3 aromatic carbocycles. The van der Waals surface area contributed by atoms with Gasteiger partial charge < -0.3 is 24.8 Å². The van der Waals surface area contributed by atoms with Crippen molar-refractivity contribution >= 4 is 46.0 Å². The van der Waals surface area contributed by atoms with Crippen molar-refractivity contribution in [2.45, 2.75) is 26.2 Å². The van der Waals surface area contributed by atoms with Gasteiger partial charge in [-0.15, -0.1) is 0 Å². The third kappa shape index (κ3) is 7.66. The molecule has 5 aromatic rings. The molecule has 3 amide bonds. The lowest BCUT2D eigenvalue weighted by Crippen LogP contribution is -2.21. The maximum atomic E-state index is 13.4. The van der Waals surface area contributed by atoms with Crippen molar-refractivity contribution in [1.29, 1.82) is 0 Å². The highest BCUT2D eigenvalue weighted by Gasteiger charge is 2.16. The Morgan fingerprint density at radius 2 is 1.65 bits per heavy atom. The number of urea groups is 1. The summed E-state index contributed by atoms with van der Waals surface area (Å²) >= 11 is 0. The highest BCUT2D eigenvalue weighted by atomic mass is 16.5. The molecule has 12 nitrogen and oxygen atoms in total.